The number of rotatable bonds is 2. The van der Waals surface area contributed by atoms with Gasteiger partial charge in [0.1, 0.15) is 0 Å². The van der Waals surface area contributed by atoms with Crippen molar-refractivity contribution in [3.8, 4) is 0 Å². The summed E-state index contributed by atoms with van der Waals surface area (Å²) in [5.41, 5.74) is 0.557. The monoisotopic (exact) mass is 209 g/mol. The molecule has 0 bridgehead atoms. The first kappa shape index (κ1) is 10.6. The topological polar surface area (TPSA) is 3.24 Å². The van der Waals surface area contributed by atoms with Crippen LogP contribution in [-0.4, -0.2) is 29.4 Å². The molecule has 0 radical (unpaired) electrons. The predicted octanol–water partition coefficient (Wildman–Crippen LogP) is 2.67. The number of fused-ring (bicyclic) bond motifs is 1. The van der Waals surface area contributed by atoms with Crippen molar-refractivity contribution in [2.75, 3.05) is 19.0 Å². The van der Waals surface area contributed by atoms with Crippen molar-refractivity contribution < 1.29 is 0 Å². The van der Waals surface area contributed by atoms with E-state index in [4.69, 9.17) is 11.6 Å². The van der Waals surface area contributed by atoms with Crippen molar-refractivity contribution in [1.82, 2.24) is 4.90 Å². The maximum Gasteiger partial charge on any atom is 0.0241 e. The average molecular weight is 210 g/mol. The average Bonchev–Trinajstić information content (AvgIpc) is 2.45. The van der Waals surface area contributed by atoms with Crippen LogP contribution in [0, 0.1) is 0 Å². The van der Waals surface area contributed by atoms with Gasteiger partial charge in [0.2, 0.25) is 0 Å². The molecule has 12 heavy (non-hydrogen) atoms. The molecule has 0 N–H and O–H groups in total. The Morgan fingerprint density at radius 2 is 1.75 bits per heavy atom. The van der Waals surface area contributed by atoms with E-state index < -0.39 is 0 Å². The maximum absolute atomic E-state index is 5.82. The van der Waals surface area contributed by atoms with Crippen LogP contribution in [0.25, 0.3) is 0 Å². The van der Waals surface area contributed by atoms with E-state index in [1.54, 1.807) is 0 Å². The summed E-state index contributed by atoms with van der Waals surface area (Å²) in [7, 11) is 0. The molecule has 0 unspecified atom stereocenters. The Hall–Kier alpha value is 0.540. The van der Waals surface area contributed by atoms with Gasteiger partial charge in [-0.25, -0.2) is 0 Å². The summed E-state index contributed by atoms with van der Waals surface area (Å²) < 4.78 is 0. The molecule has 0 aromatic rings. The molecule has 2 fully saturated rings. The van der Waals surface area contributed by atoms with Crippen molar-refractivity contribution in [1.29, 1.82) is 0 Å². The Bertz CT molecular complexity index is 139. The van der Waals surface area contributed by atoms with Crippen molar-refractivity contribution in [3.05, 3.63) is 0 Å². The van der Waals surface area contributed by atoms with Crippen LogP contribution in [0.4, 0.5) is 0 Å². The SMILES string of the molecule is Cl.ClCCC12CCCN1CCC2. The van der Waals surface area contributed by atoms with Gasteiger partial charge >= 0.3 is 0 Å². The second-order valence-corrected chi connectivity index (χ2v) is 4.24. The van der Waals surface area contributed by atoms with Crippen LogP contribution in [0.15, 0.2) is 0 Å². The summed E-state index contributed by atoms with van der Waals surface area (Å²) >= 11 is 5.82. The molecule has 0 aromatic carbocycles. The first-order valence-corrected chi connectivity index (χ1v) is 5.22. The third-order valence-corrected chi connectivity index (χ3v) is 3.56. The maximum atomic E-state index is 5.82. The van der Waals surface area contributed by atoms with Gasteiger partial charge in [0.25, 0.3) is 0 Å². The first-order chi connectivity index (χ1) is 5.37. The summed E-state index contributed by atoms with van der Waals surface area (Å²) in [5, 5.41) is 0. The fourth-order valence-electron chi connectivity index (χ4n) is 2.81. The zero-order chi connectivity index (χ0) is 7.73. The molecular formula is C9H17Cl2N. The summed E-state index contributed by atoms with van der Waals surface area (Å²) in [5.74, 6) is 0.844. The van der Waals surface area contributed by atoms with E-state index in [9.17, 15) is 0 Å². The van der Waals surface area contributed by atoms with Gasteiger partial charge in [0.05, 0.1) is 0 Å². The van der Waals surface area contributed by atoms with Crippen LogP contribution in [0.1, 0.15) is 32.1 Å². The Labute approximate surface area is 85.9 Å². The highest BCUT2D eigenvalue weighted by Gasteiger charge is 2.43. The molecule has 2 heterocycles. The second-order valence-electron chi connectivity index (χ2n) is 3.86. The van der Waals surface area contributed by atoms with Crippen LogP contribution in [0.3, 0.4) is 0 Å². The normalized spacial score (nSPS) is 26.8. The van der Waals surface area contributed by atoms with Gasteiger partial charge in [-0.05, 0) is 45.2 Å². The third-order valence-electron chi connectivity index (χ3n) is 3.37. The Kier molecular flexibility index (Phi) is 3.69. The fraction of sp³-hybridized carbons (Fsp3) is 1.00. The minimum absolute atomic E-state index is 0. The number of alkyl halides is 1. The van der Waals surface area contributed by atoms with E-state index in [-0.39, 0.29) is 12.4 Å². The lowest BCUT2D eigenvalue weighted by atomic mass is 9.91. The first-order valence-electron chi connectivity index (χ1n) is 4.68. The van der Waals surface area contributed by atoms with E-state index in [0.717, 1.165) is 5.88 Å². The van der Waals surface area contributed by atoms with Crippen molar-refractivity contribution >= 4 is 24.0 Å². The molecule has 0 atom stereocenters. The van der Waals surface area contributed by atoms with Crippen molar-refractivity contribution in [2.45, 2.75) is 37.6 Å². The highest BCUT2D eigenvalue weighted by Crippen LogP contribution is 2.41. The van der Waals surface area contributed by atoms with E-state index >= 15 is 0 Å². The Morgan fingerprint density at radius 3 is 2.25 bits per heavy atom. The smallest absolute Gasteiger partial charge is 0.0241 e. The molecule has 0 aromatic heterocycles. The molecule has 72 valence electrons. The molecule has 0 saturated carbocycles. The molecule has 0 amide bonds. The van der Waals surface area contributed by atoms with Gasteiger partial charge in [-0.2, -0.15) is 0 Å². The van der Waals surface area contributed by atoms with Crippen LogP contribution in [-0.2, 0) is 0 Å². The molecule has 3 heteroatoms. The molecule has 2 saturated heterocycles. The molecule has 2 rings (SSSR count). The number of halogens is 2. The summed E-state index contributed by atoms with van der Waals surface area (Å²) in [6, 6.07) is 0. The van der Waals surface area contributed by atoms with Crippen LogP contribution in [0.5, 0.6) is 0 Å². The lowest BCUT2D eigenvalue weighted by Gasteiger charge is -2.31. The Balaban J connectivity index is 0.000000720. The van der Waals surface area contributed by atoms with Gasteiger partial charge in [0.15, 0.2) is 0 Å². The van der Waals surface area contributed by atoms with Gasteiger partial charge < -0.3 is 0 Å². The minimum atomic E-state index is 0. The lowest BCUT2D eigenvalue weighted by Crippen LogP contribution is -2.38. The van der Waals surface area contributed by atoms with Crippen molar-refractivity contribution in [2.24, 2.45) is 0 Å². The standard InChI is InChI=1S/C9H16ClN.ClH/c10-6-5-9-3-1-7-11(9)8-2-4-9;/h1-8H2;1H. The molecule has 0 aliphatic carbocycles. The molecule has 1 nitrogen and oxygen atoms in total. The van der Waals surface area contributed by atoms with E-state index in [1.165, 1.54) is 45.2 Å². The minimum Gasteiger partial charge on any atom is -0.298 e. The third kappa shape index (κ3) is 1.59. The van der Waals surface area contributed by atoms with Gasteiger partial charge in [-0.15, -0.1) is 24.0 Å². The van der Waals surface area contributed by atoms with Crippen LogP contribution in [0.2, 0.25) is 0 Å². The second kappa shape index (κ2) is 4.17. The molecule has 2 aliphatic rings. The zero-order valence-corrected chi connectivity index (χ0v) is 8.96. The number of hydrogen-bond donors (Lipinski definition) is 0. The fourth-order valence-corrected chi connectivity index (χ4v) is 3.16. The number of hydrogen-bond acceptors (Lipinski definition) is 1. The summed E-state index contributed by atoms with van der Waals surface area (Å²) in [6.45, 7) is 2.66. The van der Waals surface area contributed by atoms with Crippen LogP contribution >= 0.6 is 24.0 Å². The van der Waals surface area contributed by atoms with Gasteiger partial charge in [-0.3, -0.25) is 4.90 Å². The van der Waals surface area contributed by atoms with E-state index in [2.05, 4.69) is 4.90 Å². The lowest BCUT2D eigenvalue weighted by molar-refractivity contribution is 0.190. The largest absolute Gasteiger partial charge is 0.298 e. The van der Waals surface area contributed by atoms with Gasteiger partial charge in [0, 0.05) is 11.4 Å². The quantitative estimate of drug-likeness (QED) is 0.633. The van der Waals surface area contributed by atoms with Gasteiger partial charge in [-0.1, -0.05) is 0 Å². The van der Waals surface area contributed by atoms with Crippen molar-refractivity contribution in [3.63, 3.8) is 0 Å². The number of nitrogens with zero attached hydrogens (tertiary/aromatic N) is 1. The summed E-state index contributed by atoms with van der Waals surface area (Å²) in [6.07, 6.45) is 6.82. The van der Waals surface area contributed by atoms with E-state index in [1.807, 2.05) is 0 Å². The molecule has 0 spiro atoms. The Morgan fingerprint density at radius 1 is 1.17 bits per heavy atom. The molecular weight excluding hydrogens is 193 g/mol. The summed E-state index contributed by atoms with van der Waals surface area (Å²) in [4.78, 5) is 2.66. The van der Waals surface area contributed by atoms with E-state index in [0.29, 0.717) is 5.54 Å². The zero-order valence-electron chi connectivity index (χ0n) is 7.39. The highest BCUT2D eigenvalue weighted by molar-refractivity contribution is 6.17. The highest BCUT2D eigenvalue weighted by atomic mass is 35.5. The predicted molar refractivity (Wildman–Crippen MR) is 55.4 cm³/mol. The van der Waals surface area contributed by atoms with Crippen LogP contribution < -0.4 is 0 Å². The molecule has 2 aliphatic heterocycles.